The summed E-state index contributed by atoms with van der Waals surface area (Å²) < 4.78 is 3.39. The van der Waals surface area contributed by atoms with Crippen molar-refractivity contribution in [2.24, 2.45) is 0 Å². The summed E-state index contributed by atoms with van der Waals surface area (Å²) in [6, 6.07) is 8.78. The molecule has 2 nitrogen and oxygen atoms in total. The van der Waals surface area contributed by atoms with Gasteiger partial charge in [0.25, 0.3) is 0 Å². The van der Waals surface area contributed by atoms with Gasteiger partial charge in [-0.15, -0.1) is 0 Å². The molecule has 0 saturated carbocycles. The third-order valence-corrected chi connectivity index (χ3v) is 4.71. The minimum atomic E-state index is 0.264. The van der Waals surface area contributed by atoms with E-state index in [0.717, 1.165) is 15.4 Å². The molecule has 0 aliphatic carbocycles. The van der Waals surface area contributed by atoms with Crippen LogP contribution in [0.15, 0.2) is 45.6 Å². The predicted octanol–water partition coefficient (Wildman–Crippen LogP) is 4.71. The highest BCUT2D eigenvalue weighted by molar-refractivity contribution is 14.1. The monoisotopic (exact) mass is 494 g/mol. The molecule has 100 valence electrons. The number of hydrogen-bond acceptors (Lipinski definition) is 2. The maximum Gasteiger partial charge on any atom is 0.0410 e. The van der Waals surface area contributed by atoms with Crippen LogP contribution in [0.4, 0.5) is 0 Å². The van der Waals surface area contributed by atoms with Gasteiger partial charge in [-0.3, -0.25) is 4.98 Å². The van der Waals surface area contributed by atoms with Crippen LogP contribution in [-0.4, -0.2) is 12.0 Å². The lowest BCUT2D eigenvalue weighted by Gasteiger charge is -2.18. The molecule has 2 aromatic rings. The third kappa shape index (κ3) is 4.24. The van der Waals surface area contributed by atoms with Crippen LogP contribution in [0, 0.1) is 3.57 Å². The lowest BCUT2D eigenvalue weighted by molar-refractivity contribution is 0.588. The van der Waals surface area contributed by atoms with Gasteiger partial charge in [-0.2, -0.15) is 0 Å². The summed E-state index contributed by atoms with van der Waals surface area (Å²) in [6.07, 6.45) is 4.62. The Labute approximate surface area is 143 Å². The Morgan fingerprint density at radius 2 is 2.05 bits per heavy atom. The highest BCUT2D eigenvalue weighted by atomic mass is 127. The van der Waals surface area contributed by atoms with Gasteiger partial charge in [0.05, 0.1) is 0 Å². The number of hydrogen-bond donors (Lipinski definition) is 1. The minimum Gasteiger partial charge on any atom is -0.313 e. The SMILES string of the molecule is CNC(Cc1cncc(Br)c1)c1cc(I)ccc1Br. The highest BCUT2D eigenvalue weighted by Gasteiger charge is 2.14. The molecule has 0 fully saturated rings. The summed E-state index contributed by atoms with van der Waals surface area (Å²) >= 11 is 9.43. The molecular weight excluding hydrogens is 483 g/mol. The summed E-state index contributed by atoms with van der Waals surface area (Å²) in [5.41, 5.74) is 2.48. The molecule has 0 aliphatic heterocycles. The van der Waals surface area contributed by atoms with Crippen molar-refractivity contribution >= 4 is 54.5 Å². The van der Waals surface area contributed by atoms with E-state index in [-0.39, 0.29) is 6.04 Å². The third-order valence-electron chi connectivity index (χ3n) is 2.88. The van der Waals surface area contributed by atoms with Crippen LogP contribution in [0.2, 0.25) is 0 Å². The predicted molar refractivity (Wildman–Crippen MR) is 94.3 cm³/mol. The van der Waals surface area contributed by atoms with Gasteiger partial charge in [-0.05, 0) is 87.4 Å². The molecular formula is C14H13Br2IN2. The number of pyridine rings is 1. The van der Waals surface area contributed by atoms with E-state index in [0.29, 0.717) is 0 Å². The van der Waals surface area contributed by atoms with Gasteiger partial charge in [0.2, 0.25) is 0 Å². The van der Waals surface area contributed by atoms with Crippen LogP contribution in [-0.2, 0) is 6.42 Å². The van der Waals surface area contributed by atoms with Crippen LogP contribution in [0.3, 0.4) is 0 Å². The first-order valence-electron chi connectivity index (χ1n) is 5.82. The molecule has 1 N–H and O–H groups in total. The smallest absolute Gasteiger partial charge is 0.0410 e. The van der Waals surface area contributed by atoms with E-state index in [2.05, 4.69) is 89.0 Å². The molecule has 19 heavy (non-hydrogen) atoms. The van der Waals surface area contributed by atoms with Crippen LogP contribution in [0.5, 0.6) is 0 Å². The average Bonchev–Trinajstić information content (AvgIpc) is 2.39. The molecule has 0 amide bonds. The van der Waals surface area contributed by atoms with Gasteiger partial charge >= 0.3 is 0 Å². The molecule has 5 heteroatoms. The van der Waals surface area contributed by atoms with Crippen LogP contribution >= 0.6 is 54.5 Å². The number of nitrogens with one attached hydrogen (secondary N) is 1. The summed E-state index contributed by atoms with van der Waals surface area (Å²) in [5.74, 6) is 0. The molecule has 0 saturated heterocycles. The van der Waals surface area contributed by atoms with Crippen molar-refractivity contribution in [2.45, 2.75) is 12.5 Å². The molecule has 1 aromatic heterocycles. The average molecular weight is 496 g/mol. The second-order valence-corrected chi connectivity index (χ2v) is 7.24. The van der Waals surface area contributed by atoms with E-state index in [1.807, 2.05) is 13.2 Å². The standard InChI is InChI=1S/C14H13Br2IN2/c1-18-14(5-9-4-10(15)8-19-7-9)12-6-11(17)2-3-13(12)16/h2-4,6-8,14,18H,5H2,1H3. The molecule has 0 bridgehead atoms. The van der Waals surface area contributed by atoms with Crippen LogP contribution < -0.4 is 5.32 Å². The number of likely N-dealkylation sites (N-methyl/N-ethyl adjacent to an activating group) is 1. The van der Waals surface area contributed by atoms with E-state index in [9.17, 15) is 0 Å². The zero-order chi connectivity index (χ0) is 13.8. The summed E-state index contributed by atoms with van der Waals surface area (Å²) in [4.78, 5) is 4.22. The number of nitrogens with zero attached hydrogens (tertiary/aromatic N) is 1. The Morgan fingerprint density at radius 1 is 1.26 bits per heavy atom. The Hall–Kier alpha value is 0.0200. The van der Waals surface area contributed by atoms with Gasteiger partial charge in [-0.25, -0.2) is 0 Å². The second kappa shape index (κ2) is 7.15. The Morgan fingerprint density at radius 3 is 2.74 bits per heavy atom. The van der Waals surface area contributed by atoms with Crippen molar-refractivity contribution in [1.82, 2.24) is 10.3 Å². The van der Waals surface area contributed by atoms with E-state index in [1.54, 1.807) is 6.20 Å². The maximum absolute atomic E-state index is 4.22. The topological polar surface area (TPSA) is 24.9 Å². The molecule has 1 aromatic carbocycles. The Bertz CT molecular complexity index is 575. The fourth-order valence-electron chi connectivity index (χ4n) is 1.95. The fraction of sp³-hybridized carbons (Fsp3) is 0.214. The number of halogens is 3. The molecule has 1 heterocycles. The van der Waals surface area contributed by atoms with Gasteiger partial charge < -0.3 is 5.32 Å². The largest absolute Gasteiger partial charge is 0.313 e. The molecule has 2 rings (SSSR count). The van der Waals surface area contributed by atoms with Gasteiger partial charge in [0.1, 0.15) is 0 Å². The zero-order valence-corrected chi connectivity index (χ0v) is 15.7. The number of rotatable bonds is 4. The van der Waals surface area contributed by atoms with Crippen molar-refractivity contribution < 1.29 is 0 Å². The quantitative estimate of drug-likeness (QED) is 0.621. The molecule has 0 radical (unpaired) electrons. The van der Waals surface area contributed by atoms with Crippen molar-refractivity contribution in [3.05, 3.63) is 60.3 Å². The Kier molecular flexibility index (Phi) is 5.80. The van der Waals surface area contributed by atoms with Crippen LogP contribution in [0.25, 0.3) is 0 Å². The summed E-state index contributed by atoms with van der Waals surface area (Å²) in [7, 11) is 1.99. The van der Waals surface area contributed by atoms with Crippen LogP contribution in [0.1, 0.15) is 17.2 Å². The molecule has 0 spiro atoms. The van der Waals surface area contributed by atoms with Crippen molar-refractivity contribution in [1.29, 1.82) is 0 Å². The molecule has 1 unspecified atom stereocenters. The first kappa shape index (κ1) is 15.4. The first-order valence-corrected chi connectivity index (χ1v) is 8.48. The molecule has 1 atom stereocenters. The summed E-state index contributed by atoms with van der Waals surface area (Å²) in [5, 5.41) is 3.38. The zero-order valence-electron chi connectivity index (χ0n) is 10.3. The van der Waals surface area contributed by atoms with Crippen molar-refractivity contribution in [3.8, 4) is 0 Å². The first-order chi connectivity index (χ1) is 9.10. The van der Waals surface area contributed by atoms with E-state index >= 15 is 0 Å². The van der Waals surface area contributed by atoms with Gasteiger partial charge in [0.15, 0.2) is 0 Å². The fourth-order valence-corrected chi connectivity index (χ4v) is 3.40. The van der Waals surface area contributed by atoms with Crippen molar-refractivity contribution in [2.75, 3.05) is 7.05 Å². The lowest BCUT2D eigenvalue weighted by atomic mass is 10.0. The second-order valence-electron chi connectivity index (χ2n) is 4.22. The number of benzene rings is 1. The highest BCUT2D eigenvalue weighted by Crippen LogP contribution is 2.28. The minimum absolute atomic E-state index is 0.264. The number of aromatic nitrogens is 1. The summed E-state index contributed by atoms with van der Waals surface area (Å²) in [6.45, 7) is 0. The molecule has 0 aliphatic rings. The van der Waals surface area contributed by atoms with Gasteiger partial charge in [-0.1, -0.05) is 15.9 Å². The van der Waals surface area contributed by atoms with Gasteiger partial charge in [0, 0.05) is 31.0 Å². The normalized spacial score (nSPS) is 12.4. The maximum atomic E-state index is 4.22. The van der Waals surface area contributed by atoms with Crippen molar-refractivity contribution in [3.63, 3.8) is 0 Å². The Balaban J connectivity index is 2.27. The lowest BCUT2D eigenvalue weighted by Crippen LogP contribution is -2.19. The van der Waals surface area contributed by atoms with E-state index in [4.69, 9.17) is 0 Å². The van der Waals surface area contributed by atoms with E-state index in [1.165, 1.54) is 14.7 Å². The van der Waals surface area contributed by atoms with E-state index < -0.39 is 0 Å².